The van der Waals surface area contributed by atoms with Crippen LogP contribution in [0.3, 0.4) is 0 Å². The number of alkyl halides is 2. The summed E-state index contributed by atoms with van der Waals surface area (Å²) in [6.07, 6.45) is -1.47. The minimum Gasteiger partial charge on any atom is -0.465 e. The van der Waals surface area contributed by atoms with Crippen LogP contribution in [0.1, 0.15) is 55.7 Å². The summed E-state index contributed by atoms with van der Waals surface area (Å²) >= 11 is 0. The molecule has 12 heteroatoms. The van der Waals surface area contributed by atoms with Crippen molar-refractivity contribution in [2.75, 3.05) is 26.2 Å². The second-order valence-electron chi connectivity index (χ2n) is 11.9. The Balaban J connectivity index is 1.31. The molecule has 0 unspecified atom stereocenters. The highest BCUT2D eigenvalue weighted by molar-refractivity contribution is 5.88. The van der Waals surface area contributed by atoms with Crippen molar-refractivity contribution in [2.24, 2.45) is 5.92 Å². The van der Waals surface area contributed by atoms with Crippen LogP contribution in [0, 0.1) is 5.92 Å². The van der Waals surface area contributed by atoms with Gasteiger partial charge in [-0.1, -0.05) is 61.5 Å². The Labute approximate surface area is 262 Å². The van der Waals surface area contributed by atoms with Gasteiger partial charge in [0.1, 0.15) is 12.1 Å². The zero-order valence-electron chi connectivity index (χ0n) is 25.6. The summed E-state index contributed by atoms with van der Waals surface area (Å²) < 4.78 is 27.2. The summed E-state index contributed by atoms with van der Waals surface area (Å²) in [5, 5.41) is 17.0. The molecule has 2 aromatic carbocycles. The molecule has 0 aromatic heterocycles. The van der Waals surface area contributed by atoms with E-state index in [4.69, 9.17) is 0 Å². The zero-order valence-corrected chi connectivity index (χ0v) is 25.6. The highest BCUT2D eigenvalue weighted by Gasteiger charge is 2.40. The van der Waals surface area contributed by atoms with E-state index < -0.39 is 35.9 Å². The van der Waals surface area contributed by atoms with Crippen molar-refractivity contribution in [3.8, 4) is 0 Å². The van der Waals surface area contributed by atoms with E-state index in [9.17, 15) is 33.1 Å². The second kappa shape index (κ2) is 15.8. The van der Waals surface area contributed by atoms with Crippen molar-refractivity contribution < 1.29 is 33.1 Å². The van der Waals surface area contributed by atoms with Gasteiger partial charge in [-0.3, -0.25) is 19.3 Å². The average Bonchev–Trinajstić information content (AvgIpc) is 3.03. The van der Waals surface area contributed by atoms with E-state index in [1.54, 1.807) is 24.0 Å². The zero-order chi connectivity index (χ0) is 32.4. The van der Waals surface area contributed by atoms with Crippen LogP contribution in [0.4, 0.5) is 13.6 Å². The van der Waals surface area contributed by atoms with Crippen molar-refractivity contribution in [3.63, 3.8) is 0 Å². The number of amides is 4. The number of rotatable bonds is 12. The normalized spacial score (nSPS) is 18.4. The molecule has 4 N–H and O–H groups in total. The molecule has 45 heavy (non-hydrogen) atoms. The molecule has 244 valence electrons. The summed E-state index contributed by atoms with van der Waals surface area (Å²) in [6, 6.07) is 15.6. The van der Waals surface area contributed by atoms with Crippen molar-refractivity contribution >= 4 is 23.8 Å². The summed E-state index contributed by atoms with van der Waals surface area (Å²) in [5.41, 5.74) is 2.80. The van der Waals surface area contributed by atoms with Crippen molar-refractivity contribution in [1.29, 1.82) is 0 Å². The van der Waals surface area contributed by atoms with Gasteiger partial charge in [0.05, 0.1) is 0 Å². The van der Waals surface area contributed by atoms with E-state index >= 15 is 0 Å². The fourth-order valence-corrected chi connectivity index (χ4v) is 5.94. The predicted molar refractivity (Wildman–Crippen MR) is 164 cm³/mol. The van der Waals surface area contributed by atoms with Gasteiger partial charge in [-0.05, 0) is 35.4 Å². The lowest BCUT2D eigenvalue weighted by Gasteiger charge is -2.36. The van der Waals surface area contributed by atoms with Crippen LogP contribution in [0.25, 0.3) is 0 Å². The average molecular weight is 628 g/mol. The van der Waals surface area contributed by atoms with Crippen LogP contribution in [-0.2, 0) is 33.9 Å². The molecule has 1 saturated heterocycles. The molecule has 0 bridgehead atoms. The minimum atomic E-state index is -2.79. The van der Waals surface area contributed by atoms with Gasteiger partial charge in [0.2, 0.25) is 23.6 Å². The van der Waals surface area contributed by atoms with E-state index in [-0.39, 0.29) is 50.5 Å². The minimum absolute atomic E-state index is 0.0535. The molecule has 1 aliphatic heterocycles. The van der Waals surface area contributed by atoms with Gasteiger partial charge in [0.25, 0.3) is 0 Å². The van der Waals surface area contributed by atoms with Crippen LogP contribution in [0.15, 0.2) is 54.6 Å². The van der Waals surface area contributed by atoms with Crippen LogP contribution >= 0.6 is 0 Å². The van der Waals surface area contributed by atoms with Crippen LogP contribution in [0.5, 0.6) is 0 Å². The smallest absolute Gasteiger partial charge is 0.405 e. The molecule has 4 amide bonds. The van der Waals surface area contributed by atoms with E-state index in [0.717, 1.165) is 30.8 Å². The van der Waals surface area contributed by atoms with Crippen molar-refractivity contribution in [2.45, 2.75) is 76.5 Å². The van der Waals surface area contributed by atoms with E-state index in [0.29, 0.717) is 19.5 Å². The van der Waals surface area contributed by atoms with Gasteiger partial charge in [-0.15, -0.1) is 0 Å². The number of carbonyl (C=O) groups excluding carboxylic acids is 3. The number of halogens is 2. The van der Waals surface area contributed by atoms with Gasteiger partial charge in [0, 0.05) is 65.0 Å². The molecule has 2 aromatic rings. The Hall–Kier alpha value is -4.06. The van der Waals surface area contributed by atoms with E-state index in [1.807, 2.05) is 30.3 Å². The number of piperazine rings is 1. The summed E-state index contributed by atoms with van der Waals surface area (Å²) in [7, 11) is 0. The third-order valence-electron chi connectivity index (χ3n) is 8.61. The van der Waals surface area contributed by atoms with Gasteiger partial charge in [0.15, 0.2) is 0 Å². The first-order valence-corrected chi connectivity index (χ1v) is 15.6. The van der Waals surface area contributed by atoms with Crippen molar-refractivity contribution in [3.05, 3.63) is 71.3 Å². The number of nitrogens with one attached hydrogen (secondary N) is 3. The van der Waals surface area contributed by atoms with Crippen LogP contribution < -0.4 is 16.0 Å². The lowest BCUT2D eigenvalue weighted by Crippen LogP contribution is -2.55. The van der Waals surface area contributed by atoms with Crippen molar-refractivity contribution in [1.82, 2.24) is 25.8 Å². The Kier molecular flexibility index (Phi) is 11.9. The first-order valence-electron chi connectivity index (χ1n) is 15.6. The molecule has 2 atom stereocenters. The van der Waals surface area contributed by atoms with Gasteiger partial charge < -0.3 is 26.0 Å². The largest absolute Gasteiger partial charge is 0.465 e. The van der Waals surface area contributed by atoms with Crippen LogP contribution in [0.2, 0.25) is 0 Å². The fraction of sp³-hybridized carbons (Fsp3) is 0.515. The number of benzene rings is 2. The number of nitrogens with zero attached hydrogens (tertiary/aromatic N) is 2. The third-order valence-corrected chi connectivity index (χ3v) is 8.61. The highest BCUT2D eigenvalue weighted by Crippen LogP contribution is 2.37. The maximum atomic E-state index is 13.6. The van der Waals surface area contributed by atoms with Gasteiger partial charge in [-0.25, -0.2) is 13.6 Å². The lowest BCUT2D eigenvalue weighted by molar-refractivity contribution is -0.138. The molecule has 10 nitrogen and oxygen atoms in total. The number of carbonyl (C=O) groups is 4. The highest BCUT2D eigenvalue weighted by atomic mass is 19.3. The Morgan fingerprint density at radius 1 is 0.889 bits per heavy atom. The molecule has 4 rings (SSSR count). The Morgan fingerprint density at radius 3 is 2.11 bits per heavy atom. The second-order valence-corrected chi connectivity index (χ2v) is 11.9. The van der Waals surface area contributed by atoms with Gasteiger partial charge in [-0.2, -0.15) is 0 Å². The third kappa shape index (κ3) is 10.2. The van der Waals surface area contributed by atoms with Crippen LogP contribution in [-0.4, -0.2) is 82.9 Å². The number of hydrogen-bond acceptors (Lipinski definition) is 5. The topological polar surface area (TPSA) is 131 Å². The first-order chi connectivity index (χ1) is 21.5. The maximum Gasteiger partial charge on any atom is 0.405 e. The van der Waals surface area contributed by atoms with E-state index in [1.165, 1.54) is 5.56 Å². The lowest BCUT2D eigenvalue weighted by atomic mass is 9.81. The SMILES string of the molecule is CCC(=O)N[C@H](Cc1ccc(CNC(=O)[C@@H](NC(=O)O)C2CCC(F)(F)CC2)cc1)C(=O)N1CCN(Cc2ccccc2)CC1. The van der Waals surface area contributed by atoms with Gasteiger partial charge >= 0.3 is 6.09 Å². The molecule has 0 spiro atoms. The molecule has 2 fully saturated rings. The summed E-state index contributed by atoms with van der Waals surface area (Å²) in [6.45, 7) is 5.30. The molecular weight excluding hydrogens is 584 g/mol. The molecule has 0 radical (unpaired) electrons. The number of hydrogen-bond donors (Lipinski definition) is 4. The van der Waals surface area contributed by atoms with E-state index in [2.05, 4.69) is 33.0 Å². The molecule has 1 saturated carbocycles. The predicted octanol–water partition coefficient (Wildman–Crippen LogP) is 3.55. The monoisotopic (exact) mass is 627 g/mol. The standard InChI is InChI=1S/C33H43F2N5O5/c1-2-28(41)37-27(31(43)40-18-16-39(17-19-40)22-25-6-4-3-5-7-25)20-23-8-10-24(11-9-23)21-36-30(42)29(38-32(44)45)26-12-14-33(34,35)15-13-26/h3-11,26-27,29,38H,2,12-22H2,1H3,(H,36,42)(H,37,41)(H,44,45)/t27-,29+/m1/s1. The molecular formula is C33H43F2N5O5. The maximum absolute atomic E-state index is 13.6. The quantitative estimate of drug-likeness (QED) is 0.285. The molecule has 2 aliphatic rings. The Morgan fingerprint density at radius 2 is 1.51 bits per heavy atom. The molecule has 1 aliphatic carbocycles. The summed E-state index contributed by atoms with van der Waals surface area (Å²) in [5.74, 6) is -4.19. The Bertz CT molecular complexity index is 1290. The summed E-state index contributed by atoms with van der Waals surface area (Å²) in [4.78, 5) is 54.1. The fourth-order valence-electron chi connectivity index (χ4n) is 5.94. The number of carboxylic acid groups (broad SMARTS) is 1. The molecule has 1 heterocycles. The first kappa shape index (κ1) is 33.8.